The Morgan fingerprint density at radius 3 is 2.76 bits per heavy atom. The highest BCUT2D eigenvalue weighted by Gasteiger charge is 2.19. The largest absolute Gasteiger partial charge is 0.478 e. The molecule has 25 heavy (non-hydrogen) atoms. The van der Waals surface area contributed by atoms with Gasteiger partial charge in [-0.1, -0.05) is 13.0 Å². The molecule has 1 aliphatic heterocycles. The SMILES string of the molecule is CCCN1CCC(NC(=NC)NCc2cccnc2OCC)CC1.I. The van der Waals surface area contributed by atoms with Gasteiger partial charge in [0.25, 0.3) is 0 Å². The number of piperidine rings is 1. The number of pyridine rings is 1. The van der Waals surface area contributed by atoms with Gasteiger partial charge in [0.2, 0.25) is 5.88 Å². The van der Waals surface area contributed by atoms with Gasteiger partial charge in [-0.3, -0.25) is 4.99 Å². The fourth-order valence-electron chi connectivity index (χ4n) is 3.01. The molecule has 6 nitrogen and oxygen atoms in total. The molecule has 0 aromatic carbocycles. The summed E-state index contributed by atoms with van der Waals surface area (Å²) in [4.78, 5) is 11.2. The molecule has 1 aromatic rings. The summed E-state index contributed by atoms with van der Waals surface area (Å²) in [6.07, 6.45) is 5.32. The maximum Gasteiger partial charge on any atom is 0.218 e. The first-order valence-corrected chi connectivity index (χ1v) is 9.03. The zero-order valence-electron chi connectivity index (χ0n) is 15.6. The first-order valence-electron chi connectivity index (χ1n) is 9.03. The molecule has 0 radical (unpaired) electrons. The molecule has 2 heterocycles. The molecule has 0 bridgehead atoms. The predicted molar refractivity (Wildman–Crippen MR) is 114 cm³/mol. The lowest BCUT2D eigenvalue weighted by Gasteiger charge is -2.32. The van der Waals surface area contributed by atoms with Crippen LogP contribution in [0.2, 0.25) is 0 Å². The number of likely N-dealkylation sites (tertiary alicyclic amines) is 1. The van der Waals surface area contributed by atoms with E-state index in [0.717, 1.165) is 24.4 Å². The molecular weight excluding hydrogens is 429 g/mol. The maximum atomic E-state index is 5.57. The number of rotatable bonds is 7. The Bertz CT molecular complexity index is 518. The zero-order chi connectivity index (χ0) is 17.2. The van der Waals surface area contributed by atoms with Gasteiger partial charge >= 0.3 is 0 Å². The Labute approximate surface area is 168 Å². The Kier molecular flexibility index (Phi) is 10.8. The molecule has 142 valence electrons. The Hall–Kier alpha value is -1.09. The van der Waals surface area contributed by atoms with Gasteiger partial charge < -0.3 is 20.3 Å². The van der Waals surface area contributed by atoms with Crippen molar-refractivity contribution >= 4 is 29.9 Å². The summed E-state index contributed by atoms with van der Waals surface area (Å²) < 4.78 is 5.57. The van der Waals surface area contributed by atoms with Crippen LogP contribution in [0.15, 0.2) is 23.3 Å². The van der Waals surface area contributed by atoms with Gasteiger partial charge in [0, 0.05) is 44.5 Å². The van der Waals surface area contributed by atoms with E-state index >= 15 is 0 Å². The van der Waals surface area contributed by atoms with Crippen LogP contribution in [0, 0.1) is 0 Å². The second kappa shape index (κ2) is 12.3. The Morgan fingerprint density at radius 1 is 1.36 bits per heavy atom. The van der Waals surface area contributed by atoms with E-state index in [2.05, 4.69) is 32.4 Å². The number of aliphatic imine (C=N–C) groups is 1. The van der Waals surface area contributed by atoms with Crippen molar-refractivity contribution in [3.8, 4) is 5.88 Å². The molecule has 0 aliphatic carbocycles. The number of ether oxygens (including phenoxy) is 1. The van der Waals surface area contributed by atoms with E-state index in [9.17, 15) is 0 Å². The summed E-state index contributed by atoms with van der Waals surface area (Å²) in [7, 11) is 1.81. The molecule has 1 fully saturated rings. The quantitative estimate of drug-likeness (QED) is 0.372. The van der Waals surface area contributed by atoms with E-state index in [4.69, 9.17) is 4.74 Å². The minimum absolute atomic E-state index is 0. The van der Waals surface area contributed by atoms with E-state index in [1.54, 1.807) is 6.20 Å². The molecule has 0 atom stereocenters. The lowest BCUT2D eigenvalue weighted by molar-refractivity contribution is 0.206. The van der Waals surface area contributed by atoms with E-state index in [0.29, 0.717) is 25.1 Å². The van der Waals surface area contributed by atoms with Gasteiger partial charge in [0.15, 0.2) is 5.96 Å². The average Bonchev–Trinajstić information content (AvgIpc) is 2.61. The first-order chi connectivity index (χ1) is 11.8. The summed E-state index contributed by atoms with van der Waals surface area (Å²) in [6, 6.07) is 4.45. The number of guanidine groups is 1. The Balaban J connectivity index is 0.00000312. The topological polar surface area (TPSA) is 61.8 Å². The minimum Gasteiger partial charge on any atom is -0.478 e. The van der Waals surface area contributed by atoms with Crippen LogP contribution in [0.3, 0.4) is 0 Å². The molecule has 2 N–H and O–H groups in total. The second-order valence-electron chi connectivity index (χ2n) is 6.09. The van der Waals surface area contributed by atoms with Crippen LogP contribution in [0.1, 0.15) is 38.7 Å². The van der Waals surface area contributed by atoms with Gasteiger partial charge in [-0.15, -0.1) is 24.0 Å². The summed E-state index contributed by atoms with van der Waals surface area (Å²) in [5.74, 6) is 1.53. The first kappa shape index (κ1) is 22.0. The molecule has 0 spiro atoms. The lowest BCUT2D eigenvalue weighted by Crippen LogP contribution is -2.48. The van der Waals surface area contributed by atoms with Crippen LogP contribution in [-0.4, -0.2) is 55.2 Å². The molecule has 1 aliphatic rings. The Morgan fingerprint density at radius 2 is 2.12 bits per heavy atom. The summed E-state index contributed by atoms with van der Waals surface area (Å²) >= 11 is 0. The highest BCUT2D eigenvalue weighted by Crippen LogP contribution is 2.14. The smallest absolute Gasteiger partial charge is 0.218 e. The van der Waals surface area contributed by atoms with Gasteiger partial charge in [-0.25, -0.2) is 4.98 Å². The zero-order valence-corrected chi connectivity index (χ0v) is 18.0. The van der Waals surface area contributed by atoms with Crippen molar-refractivity contribution in [2.75, 3.05) is 33.3 Å². The molecular formula is C18H32IN5O. The van der Waals surface area contributed by atoms with Gasteiger partial charge in [0.05, 0.1) is 6.61 Å². The van der Waals surface area contributed by atoms with Crippen LogP contribution in [-0.2, 0) is 6.54 Å². The number of nitrogens with zero attached hydrogens (tertiary/aromatic N) is 3. The van der Waals surface area contributed by atoms with Crippen molar-refractivity contribution < 1.29 is 4.74 Å². The highest BCUT2D eigenvalue weighted by molar-refractivity contribution is 14.0. The van der Waals surface area contributed by atoms with E-state index in [-0.39, 0.29) is 24.0 Å². The van der Waals surface area contributed by atoms with Crippen LogP contribution in [0.25, 0.3) is 0 Å². The minimum atomic E-state index is 0. The second-order valence-corrected chi connectivity index (χ2v) is 6.09. The third-order valence-corrected chi connectivity index (χ3v) is 4.27. The van der Waals surface area contributed by atoms with Gasteiger partial charge in [-0.2, -0.15) is 0 Å². The molecule has 1 saturated heterocycles. The monoisotopic (exact) mass is 461 g/mol. The predicted octanol–water partition coefficient (Wildman–Crippen LogP) is 2.64. The molecule has 0 saturated carbocycles. The summed E-state index contributed by atoms with van der Waals surface area (Å²) in [5.41, 5.74) is 1.04. The van der Waals surface area contributed by atoms with Gasteiger partial charge in [-0.05, 0) is 38.8 Å². The summed E-state index contributed by atoms with van der Waals surface area (Å²) in [6.45, 7) is 9.02. The molecule has 7 heteroatoms. The normalized spacial score (nSPS) is 16.2. The van der Waals surface area contributed by atoms with Crippen molar-refractivity contribution in [1.29, 1.82) is 0 Å². The number of hydrogen-bond donors (Lipinski definition) is 2. The van der Waals surface area contributed by atoms with Crippen molar-refractivity contribution in [2.24, 2.45) is 4.99 Å². The number of halogens is 1. The third-order valence-electron chi connectivity index (χ3n) is 4.27. The molecule has 0 amide bonds. The van der Waals surface area contributed by atoms with E-state index in [1.807, 2.05) is 26.1 Å². The van der Waals surface area contributed by atoms with Gasteiger partial charge in [0.1, 0.15) is 0 Å². The highest BCUT2D eigenvalue weighted by atomic mass is 127. The maximum absolute atomic E-state index is 5.57. The lowest BCUT2D eigenvalue weighted by atomic mass is 10.1. The van der Waals surface area contributed by atoms with Crippen molar-refractivity contribution in [3.05, 3.63) is 23.9 Å². The van der Waals surface area contributed by atoms with Crippen molar-refractivity contribution in [3.63, 3.8) is 0 Å². The van der Waals surface area contributed by atoms with Crippen LogP contribution in [0.4, 0.5) is 0 Å². The number of aromatic nitrogens is 1. The summed E-state index contributed by atoms with van der Waals surface area (Å²) in [5, 5.41) is 6.91. The van der Waals surface area contributed by atoms with Crippen LogP contribution in [0.5, 0.6) is 5.88 Å². The third kappa shape index (κ3) is 7.35. The standard InChI is InChI=1S/C18H31N5O.HI/c1-4-11-23-12-8-16(9-13-23)22-18(19-3)21-14-15-7-6-10-20-17(15)24-5-2;/h6-7,10,16H,4-5,8-9,11-14H2,1-3H3,(H2,19,21,22);1H. The van der Waals surface area contributed by atoms with Crippen molar-refractivity contribution in [1.82, 2.24) is 20.5 Å². The van der Waals surface area contributed by atoms with E-state index in [1.165, 1.54) is 26.1 Å². The molecule has 2 rings (SSSR count). The average molecular weight is 461 g/mol. The fourth-order valence-corrected chi connectivity index (χ4v) is 3.01. The molecule has 0 unspecified atom stereocenters. The molecule has 1 aromatic heterocycles. The van der Waals surface area contributed by atoms with Crippen LogP contribution < -0.4 is 15.4 Å². The number of nitrogens with one attached hydrogen (secondary N) is 2. The van der Waals surface area contributed by atoms with Crippen molar-refractivity contribution in [2.45, 2.75) is 45.7 Å². The van der Waals surface area contributed by atoms with E-state index < -0.39 is 0 Å². The fraction of sp³-hybridized carbons (Fsp3) is 0.667. The van der Waals surface area contributed by atoms with Crippen LogP contribution >= 0.6 is 24.0 Å². The number of hydrogen-bond acceptors (Lipinski definition) is 4.